The Morgan fingerprint density at radius 3 is 2.76 bits per heavy atom. The molecule has 3 N–H and O–H groups in total. The number of hydrogen-bond acceptors (Lipinski definition) is 2. The van der Waals surface area contributed by atoms with Crippen LogP contribution >= 0.6 is 0 Å². The van der Waals surface area contributed by atoms with Crippen molar-refractivity contribution in [3.63, 3.8) is 0 Å². The monoisotopic (exact) mass is 234 g/mol. The molecule has 1 aromatic carbocycles. The van der Waals surface area contributed by atoms with Crippen LogP contribution in [-0.2, 0) is 0 Å². The van der Waals surface area contributed by atoms with Gasteiger partial charge in [0.15, 0.2) is 0 Å². The Labute approximate surface area is 101 Å². The quantitative estimate of drug-likeness (QED) is 0.623. The van der Waals surface area contributed by atoms with Crippen molar-refractivity contribution in [1.29, 1.82) is 0 Å². The fourth-order valence-electron chi connectivity index (χ4n) is 3.87. The molecule has 92 valence electrons. The summed E-state index contributed by atoms with van der Waals surface area (Å²) in [6, 6.07) is 6.94. The van der Waals surface area contributed by atoms with Crippen LogP contribution in [0.2, 0.25) is 0 Å². The summed E-state index contributed by atoms with van der Waals surface area (Å²) in [5.41, 5.74) is 3.90. The summed E-state index contributed by atoms with van der Waals surface area (Å²) < 4.78 is 13.3. The lowest BCUT2D eigenvalue weighted by Gasteiger charge is -2.30. The molecule has 0 spiro atoms. The minimum atomic E-state index is -0.175. The maximum absolute atomic E-state index is 13.3. The third-order valence-corrected chi connectivity index (χ3v) is 4.61. The number of nitrogens with one attached hydrogen (secondary N) is 1. The molecular formula is C14H19FN2. The third kappa shape index (κ3) is 1.98. The molecule has 2 bridgehead atoms. The van der Waals surface area contributed by atoms with Gasteiger partial charge in [0.25, 0.3) is 0 Å². The standard InChI is InChI=1S/C14H19FN2/c15-12-3-1-2-11(8-12)14(17-16)13-7-9-4-5-10(13)6-9/h1-3,8-10,13-14,17H,4-7,16H2. The molecule has 4 unspecified atom stereocenters. The topological polar surface area (TPSA) is 38.0 Å². The zero-order valence-corrected chi connectivity index (χ0v) is 9.90. The molecule has 3 rings (SSSR count). The zero-order valence-electron chi connectivity index (χ0n) is 9.90. The van der Waals surface area contributed by atoms with Gasteiger partial charge in [0.05, 0.1) is 0 Å². The highest BCUT2D eigenvalue weighted by Gasteiger charge is 2.43. The van der Waals surface area contributed by atoms with Crippen LogP contribution in [0.15, 0.2) is 24.3 Å². The Hall–Kier alpha value is -0.930. The van der Waals surface area contributed by atoms with E-state index < -0.39 is 0 Å². The summed E-state index contributed by atoms with van der Waals surface area (Å²) in [5.74, 6) is 7.77. The van der Waals surface area contributed by atoms with Gasteiger partial charge in [-0.3, -0.25) is 11.3 Å². The van der Waals surface area contributed by atoms with E-state index >= 15 is 0 Å². The summed E-state index contributed by atoms with van der Waals surface area (Å²) in [6.45, 7) is 0. The molecule has 0 aliphatic heterocycles. The van der Waals surface area contributed by atoms with E-state index in [-0.39, 0.29) is 11.9 Å². The van der Waals surface area contributed by atoms with E-state index in [4.69, 9.17) is 5.84 Å². The number of nitrogens with two attached hydrogens (primary N) is 1. The summed E-state index contributed by atoms with van der Waals surface area (Å²) in [7, 11) is 0. The van der Waals surface area contributed by atoms with Crippen molar-refractivity contribution in [2.24, 2.45) is 23.6 Å². The minimum absolute atomic E-state index is 0.112. The normalized spacial score (nSPS) is 32.9. The Balaban J connectivity index is 1.84. The second-order valence-corrected chi connectivity index (χ2v) is 5.54. The van der Waals surface area contributed by atoms with Crippen molar-refractivity contribution >= 4 is 0 Å². The highest BCUT2D eigenvalue weighted by atomic mass is 19.1. The average molecular weight is 234 g/mol. The van der Waals surface area contributed by atoms with Gasteiger partial charge in [-0.25, -0.2) is 4.39 Å². The molecule has 0 amide bonds. The minimum Gasteiger partial charge on any atom is -0.271 e. The smallest absolute Gasteiger partial charge is 0.123 e. The molecule has 0 aromatic heterocycles. The highest BCUT2D eigenvalue weighted by molar-refractivity contribution is 5.21. The Morgan fingerprint density at radius 1 is 1.29 bits per heavy atom. The van der Waals surface area contributed by atoms with E-state index in [1.807, 2.05) is 6.07 Å². The van der Waals surface area contributed by atoms with Gasteiger partial charge in [-0.1, -0.05) is 18.6 Å². The predicted octanol–water partition coefficient (Wildman–Crippen LogP) is 2.77. The molecule has 0 saturated heterocycles. The number of hydrazine groups is 1. The van der Waals surface area contributed by atoms with Gasteiger partial charge in [0.2, 0.25) is 0 Å². The number of halogens is 1. The van der Waals surface area contributed by atoms with E-state index in [0.717, 1.165) is 17.4 Å². The van der Waals surface area contributed by atoms with Crippen LogP contribution < -0.4 is 11.3 Å². The molecule has 2 fully saturated rings. The number of hydrogen-bond donors (Lipinski definition) is 2. The van der Waals surface area contributed by atoms with Gasteiger partial charge < -0.3 is 0 Å². The first kappa shape index (κ1) is 11.2. The number of benzene rings is 1. The molecule has 17 heavy (non-hydrogen) atoms. The summed E-state index contributed by atoms with van der Waals surface area (Å²) in [5, 5.41) is 0. The molecule has 3 heteroatoms. The van der Waals surface area contributed by atoms with Crippen molar-refractivity contribution in [1.82, 2.24) is 5.43 Å². The van der Waals surface area contributed by atoms with Gasteiger partial charge in [-0.2, -0.15) is 0 Å². The van der Waals surface area contributed by atoms with Crippen LogP contribution in [0.1, 0.15) is 37.3 Å². The molecule has 2 saturated carbocycles. The Morgan fingerprint density at radius 2 is 2.18 bits per heavy atom. The maximum atomic E-state index is 13.3. The SMILES string of the molecule is NNC(c1cccc(F)c1)C1CC2CCC1C2. The van der Waals surface area contributed by atoms with Crippen LogP contribution in [0, 0.1) is 23.6 Å². The fourth-order valence-corrected chi connectivity index (χ4v) is 3.87. The van der Waals surface area contributed by atoms with Gasteiger partial charge in [0.1, 0.15) is 5.82 Å². The molecule has 2 aliphatic rings. The lowest BCUT2D eigenvalue weighted by Crippen LogP contribution is -2.35. The van der Waals surface area contributed by atoms with Gasteiger partial charge in [-0.15, -0.1) is 0 Å². The van der Waals surface area contributed by atoms with Crippen molar-refractivity contribution in [3.05, 3.63) is 35.6 Å². The average Bonchev–Trinajstić information content (AvgIpc) is 2.92. The lowest BCUT2D eigenvalue weighted by atomic mass is 9.81. The molecule has 2 nitrogen and oxygen atoms in total. The van der Waals surface area contributed by atoms with Crippen LogP contribution in [0.3, 0.4) is 0 Å². The summed E-state index contributed by atoms with van der Waals surface area (Å²) >= 11 is 0. The van der Waals surface area contributed by atoms with Crippen LogP contribution in [0.4, 0.5) is 4.39 Å². The molecular weight excluding hydrogens is 215 g/mol. The second-order valence-electron chi connectivity index (χ2n) is 5.54. The molecule has 2 aliphatic carbocycles. The Bertz CT molecular complexity index is 407. The first-order chi connectivity index (χ1) is 8.28. The van der Waals surface area contributed by atoms with Crippen molar-refractivity contribution in [2.75, 3.05) is 0 Å². The number of fused-ring (bicyclic) bond motifs is 2. The highest BCUT2D eigenvalue weighted by Crippen LogP contribution is 2.52. The van der Waals surface area contributed by atoms with Gasteiger partial charge in [-0.05, 0) is 54.7 Å². The maximum Gasteiger partial charge on any atom is 0.123 e. The fraction of sp³-hybridized carbons (Fsp3) is 0.571. The van der Waals surface area contributed by atoms with E-state index in [1.165, 1.54) is 31.7 Å². The van der Waals surface area contributed by atoms with Crippen molar-refractivity contribution in [3.8, 4) is 0 Å². The van der Waals surface area contributed by atoms with Crippen LogP contribution in [-0.4, -0.2) is 0 Å². The van der Waals surface area contributed by atoms with Crippen LogP contribution in [0.25, 0.3) is 0 Å². The lowest BCUT2D eigenvalue weighted by molar-refractivity contribution is 0.252. The summed E-state index contributed by atoms with van der Waals surface area (Å²) in [6.07, 6.45) is 5.29. The molecule has 4 atom stereocenters. The number of rotatable bonds is 3. The van der Waals surface area contributed by atoms with E-state index in [1.54, 1.807) is 12.1 Å². The zero-order chi connectivity index (χ0) is 11.8. The Kier molecular flexibility index (Phi) is 2.89. The van der Waals surface area contributed by atoms with E-state index in [2.05, 4.69) is 5.43 Å². The van der Waals surface area contributed by atoms with Crippen LogP contribution in [0.5, 0.6) is 0 Å². The predicted molar refractivity (Wildman–Crippen MR) is 65.4 cm³/mol. The van der Waals surface area contributed by atoms with E-state index in [9.17, 15) is 4.39 Å². The summed E-state index contributed by atoms with van der Waals surface area (Å²) in [4.78, 5) is 0. The molecule has 0 radical (unpaired) electrons. The van der Waals surface area contributed by atoms with Crippen molar-refractivity contribution < 1.29 is 4.39 Å². The van der Waals surface area contributed by atoms with E-state index in [0.29, 0.717) is 5.92 Å². The van der Waals surface area contributed by atoms with Gasteiger partial charge >= 0.3 is 0 Å². The third-order valence-electron chi connectivity index (χ3n) is 4.61. The first-order valence-electron chi connectivity index (χ1n) is 6.49. The van der Waals surface area contributed by atoms with Crippen molar-refractivity contribution in [2.45, 2.75) is 31.7 Å². The largest absolute Gasteiger partial charge is 0.271 e. The van der Waals surface area contributed by atoms with Gasteiger partial charge in [0, 0.05) is 6.04 Å². The first-order valence-corrected chi connectivity index (χ1v) is 6.49. The second kappa shape index (κ2) is 4.39. The molecule has 0 heterocycles. The molecule has 1 aromatic rings.